The van der Waals surface area contributed by atoms with Gasteiger partial charge in [-0.15, -0.1) is 15.7 Å². The molecule has 0 unspecified atom stereocenters. The zero-order chi connectivity index (χ0) is 19.9. The number of anilines is 1. The minimum absolute atomic E-state index is 0.00362. The van der Waals surface area contributed by atoms with Gasteiger partial charge in [0.15, 0.2) is 5.13 Å². The van der Waals surface area contributed by atoms with Crippen molar-refractivity contribution in [3.05, 3.63) is 59.1 Å². The first kappa shape index (κ1) is 18.4. The van der Waals surface area contributed by atoms with E-state index in [0.29, 0.717) is 0 Å². The number of sulfonamides is 1. The smallest absolute Gasteiger partial charge is 0.258 e. The average Bonchev–Trinajstić information content (AvgIpc) is 3.10. The summed E-state index contributed by atoms with van der Waals surface area (Å²) < 4.78 is 53.9. The van der Waals surface area contributed by atoms with E-state index in [1.807, 2.05) is 0 Å². The largest absolute Gasteiger partial charge is 0.330 e. The Hall–Kier alpha value is -2.92. The van der Waals surface area contributed by atoms with Crippen molar-refractivity contribution in [1.82, 2.24) is 9.88 Å². The molecule has 0 fully saturated rings. The third-order valence-electron chi connectivity index (χ3n) is 4.02. The van der Waals surface area contributed by atoms with Gasteiger partial charge in [-0.1, -0.05) is 0 Å². The average molecular weight is 422 g/mol. The highest BCUT2D eigenvalue weighted by Crippen LogP contribution is 2.28. The number of nitrogens with zero attached hydrogens (tertiary/aromatic N) is 3. The van der Waals surface area contributed by atoms with Crippen LogP contribution in [0.15, 0.2) is 51.9 Å². The van der Waals surface area contributed by atoms with E-state index in [9.17, 15) is 22.0 Å². The molecule has 28 heavy (non-hydrogen) atoms. The van der Waals surface area contributed by atoms with Crippen LogP contribution in [0.3, 0.4) is 0 Å². The van der Waals surface area contributed by atoms with Gasteiger partial charge in [0, 0.05) is 23.7 Å². The minimum Gasteiger partial charge on any atom is -0.330 e. The monoisotopic (exact) mass is 422 g/mol. The molecule has 2 aromatic rings. The fraction of sp³-hybridized carbons (Fsp3) is 0.118. The van der Waals surface area contributed by atoms with Crippen molar-refractivity contribution in [3.8, 4) is 11.3 Å². The topological polar surface area (TPSA) is 91.7 Å². The Kier molecular flexibility index (Phi) is 4.55. The van der Waals surface area contributed by atoms with Crippen LogP contribution in [0.2, 0.25) is 0 Å². The van der Waals surface area contributed by atoms with Crippen LogP contribution >= 0.6 is 11.3 Å². The number of halogens is 2. The van der Waals surface area contributed by atoms with E-state index >= 15 is 0 Å². The van der Waals surface area contributed by atoms with Crippen LogP contribution in [0.25, 0.3) is 11.3 Å². The number of fused-ring (bicyclic) bond motifs is 1. The van der Waals surface area contributed by atoms with Gasteiger partial charge in [0.2, 0.25) is 0 Å². The van der Waals surface area contributed by atoms with Crippen LogP contribution in [0.4, 0.5) is 13.9 Å². The second-order valence-electron chi connectivity index (χ2n) is 5.96. The lowest BCUT2D eigenvalue weighted by Gasteiger charge is -2.26. The van der Waals surface area contributed by atoms with Crippen LogP contribution in [0.5, 0.6) is 0 Å². The quantitative estimate of drug-likeness (QED) is 0.821. The lowest BCUT2D eigenvalue weighted by molar-refractivity contribution is -0.112. The SMILES string of the molecule is O=C(Nc1nc(-c2cc(F)ccc2F)cs1)C1=CN2CCS(=O)(=O)N=C2C=C1. The van der Waals surface area contributed by atoms with Crippen molar-refractivity contribution >= 4 is 38.2 Å². The minimum atomic E-state index is -3.47. The number of nitrogens with one attached hydrogen (secondary N) is 1. The molecule has 4 rings (SSSR count). The fourth-order valence-corrected chi connectivity index (χ4v) is 4.33. The highest BCUT2D eigenvalue weighted by molar-refractivity contribution is 7.90. The van der Waals surface area contributed by atoms with E-state index in [1.165, 1.54) is 23.7 Å². The van der Waals surface area contributed by atoms with Crippen LogP contribution in [-0.4, -0.2) is 42.3 Å². The molecule has 7 nitrogen and oxygen atoms in total. The van der Waals surface area contributed by atoms with Crippen molar-refractivity contribution in [2.24, 2.45) is 4.40 Å². The van der Waals surface area contributed by atoms with Gasteiger partial charge < -0.3 is 4.90 Å². The number of hydrogen-bond acceptors (Lipinski definition) is 6. The lowest BCUT2D eigenvalue weighted by atomic mass is 10.1. The van der Waals surface area contributed by atoms with Gasteiger partial charge in [0.25, 0.3) is 15.9 Å². The maximum Gasteiger partial charge on any atom is 0.258 e. The third-order valence-corrected chi connectivity index (χ3v) is 5.94. The molecule has 11 heteroatoms. The van der Waals surface area contributed by atoms with Gasteiger partial charge in [-0.2, -0.15) is 0 Å². The van der Waals surface area contributed by atoms with E-state index in [2.05, 4.69) is 14.7 Å². The molecule has 0 bridgehead atoms. The number of aromatic nitrogens is 1. The van der Waals surface area contributed by atoms with Crippen LogP contribution in [-0.2, 0) is 14.8 Å². The molecule has 144 valence electrons. The molecule has 0 spiro atoms. The van der Waals surface area contributed by atoms with E-state index in [1.54, 1.807) is 4.90 Å². The van der Waals surface area contributed by atoms with Gasteiger partial charge >= 0.3 is 0 Å². The predicted molar refractivity (Wildman–Crippen MR) is 101 cm³/mol. The molecular weight excluding hydrogens is 410 g/mol. The number of rotatable bonds is 3. The Balaban J connectivity index is 1.51. The Labute approximate surface area is 162 Å². The first-order valence-electron chi connectivity index (χ1n) is 8.02. The third kappa shape index (κ3) is 3.71. The Bertz CT molecular complexity index is 1170. The molecule has 0 aliphatic carbocycles. The van der Waals surface area contributed by atoms with E-state index in [-0.39, 0.29) is 40.1 Å². The normalized spacial score (nSPS) is 17.6. The summed E-state index contributed by atoms with van der Waals surface area (Å²) in [7, 11) is -3.47. The zero-order valence-corrected chi connectivity index (χ0v) is 15.7. The van der Waals surface area contributed by atoms with Crippen molar-refractivity contribution < 1.29 is 22.0 Å². The number of hydrogen-bond donors (Lipinski definition) is 1. The fourth-order valence-electron chi connectivity index (χ4n) is 2.65. The standard InChI is InChI=1S/C17H12F2N4O3S2/c18-11-2-3-13(19)12(7-11)14-9-27-17(20-14)21-16(24)10-1-4-15-22-28(25,26)6-5-23(15)8-10/h1-4,7-9H,5-6H2,(H,20,21,24). The van der Waals surface area contributed by atoms with Gasteiger partial charge in [-0.3, -0.25) is 10.1 Å². The maximum atomic E-state index is 13.9. The van der Waals surface area contributed by atoms with Crippen molar-refractivity contribution in [2.45, 2.75) is 0 Å². The molecule has 1 amide bonds. The Morgan fingerprint density at radius 1 is 1.25 bits per heavy atom. The zero-order valence-electron chi connectivity index (χ0n) is 14.1. The van der Waals surface area contributed by atoms with Crippen LogP contribution in [0.1, 0.15) is 0 Å². The van der Waals surface area contributed by atoms with Gasteiger partial charge in [0.05, 0.1) is 17.0 Å². The van der Waals surface area contributed by atoms with Gasteiger partial charge in [-0.25, -0.2) is 22.2 Å². The first-order valence-corrected chi connectivity index (χ1v) is 10.5. The second kappa shape index (κ2) is 6.91. The molecule has 2 aliphatic heterocycles. The molecule has 1 aromatic carbocycles. The van der Waals surface area contributed by atoms with Crippen molar-refractivity contribution in [2.75, 3.05) is 17.6 Å². The molecule has 0 saturated carbocycles. The number of amidine groups is 1. The summed E-state index contributed by atoms with van der Waals surface area (Å²) in [6.07, 6.45) is 4.40. The van der Waals surface area contributed by atoms with Crippen molar-refractivity contribution in [1.29, 1.82) is 0 Å². The molecule has 1 aromatic heterocycles. The summed E-state index contributed by atoms with van der Waals surface area (Å²) in [5.41, 5.74) is 0.497. The highest BCUT2D eigenvalue weighted by atomic mass is 32.2. The number of carbonyl (C=O) groups is 1. The molecular formula is C17H12F2N4O3S2. The summed E-state index contributed by atoms with van der Waals surface area (Å²) in [5.74, 6) is -1.56. The lowest BCUT2D eigenvalue weighted by Crippen LogP contribution is -2.37. The van der Waals surface area contributed by atoms with E-state index in [4.69, 9.17) is 0 Å². The summed E-state index contributed by atoms with van der Waals surface area (Å²) >= 11 is 1.07. The number of amides is 1. The molecule has 3 heterocycles. The molecule has 2 aliphatic rings. The highest BCUT2D eigenvalue weighted by Gasteiger charge is 2.25. The number of thiazole rings is 1. The summed E-state index contributed by atoms with van der Waals surface area (Å²) in [4.78, 5) is 18.2. The first-order chi connectivity index (χ1) is 13.3. The van der Waals surface area contributed by atoms with E-state index in [0.717, 1.165) is 29.5 Å². The second-order valence-corrected chi connectivity index (χ2v) is 8.58. The number of carbonyl (C=O) groups excluding carboxylic acids is 1. The van der Waals surface area contributed by atoms with Gasteiger partial charge in [-0.05, 0) is 30.4 Å². The molecule has 0 radical (unpaired) electrons. The predicted octanol–water partition coefficient (Wildman–Crippen LogP) is 2.52. The summed E-state index contributed by atoms with van der Waals surface area (Å²) in [6, 6.07) is 3.06. The molecule has 0 atom stereocenters. The molecule has 0 saturated heterocycles. The van der Waals surface area contributed by atoms with E-state index < -0.39 is 27.6 Å². The van der Waals surface area contributed by atoms with Crippen LogP contribution < -0.4 is 5.32 Å². The maximum absolute atomic E-state index is 13.9. The summed E-state index contributed by atoms with van der Waals surface area (Å²) in [6.45, 7) is 0.197. The Morgan fingerprint density at radius 3 is 2.89 bits per heavy atom. The number of benzene rings is 1. The van der Waals surface area contributed by atoms with Crippen LogP contribution in [0, 0.1) is 11.6 Å². The Morgan fingerprint density at radius 2 is 2.07 bits per heavy atom. The van der Waals surface area contributed by atoms with Crippen molar-refractivity contribution in [3.63, 3.8) is 0 Å². The van der Waals surface area contributed by atoms with Gasteiger partial charge in [0.1, 0.15) is 17.5 Å². The molecule has 1 N–H and O–H groups in total. The summed E-state index contributed by atoms with van der Waals surface area (Å²) in [5, 5.41) is 4.33.